The normalized spacial score (nSPS) is 24.2. The van der Waals surface area contributed by atoms with Crippen LogP contribution in [0.4, 0.5) is 0 Å². The van der Waals surface area contributed by atoms with Crippen molar-refractivity contribution in [1.82, 2.24) is 20.0 Å². The molecule has 1 aromatic heterocycles. The Morgan fingerprint density at radius 3 is 2.56 bits per heavy atom. The number of carbonyl (C=O) groups excluding carboxylic acids is 1. The lowest BCUT2D eigenvalue weighted by Gasteiger charge is -2.32. The number of likely N-dealkylation sites (N-methyl/N-ethyl adjacent to an activating group) is 1. The molecule has 206 valence electrons. The zero-order valence-electron chi connectivity index (χ0n) is 22.9. The maximum atomic E-state index is 13.2. The third-order valence-electron chi connectivity index (χ3n) is 9.33. The summed E-state index contributed by atoms with van der Waals surface area (Å²) in [7, 11) is 2.00. The van der Waals surface area contributed by atoms with E-state index >= 15 is 0 Å². The number of amides is 1. The van der Waals surface area contributed by atoms with Crippen molar-refractivity contribution < 1.29 is 9.21 Å². The molecule has 1 aliphatic heterocycles. The molecule has 2 saturated carbocycles. The molecule has 39 heavy (non-hydrogen) atoms. The van der Waals surface area contributed by atoms with E-state index in [1.54, 1.807) is 0 Å². The number of hydrogen-bond donors (Lipinski definition) is 0. The summed E-state index contributed by atoms with van der Waals surface area (Å²) in [6, 6.07) is 18.6. The molecule has 7 heteroatoms. The smallest absolute Gasteiger partial charge is 0.225 e. The van der Waals surface area contributed by atoms with E-state index in [2.05, 4.69) is 45.4 Å². The predicted octanol–water partition coefficient (Wildman–Crippen LogP) is 6.10. The van der Waals surface area contributed by atoms with Gasteiger partial charge in [0.2, 0.25) is 17.7 Å². The topological polar surface area (TPSA) is 62.5 Å². The van der Waals surface area contributed by atoms with Gasteiger partial charge < -0.3 is 14.2 Å². The third-order valence-corrected chi connectivity index (χ3v) is 9.56. The monoisotopic (exact) mass is 546 g/mol. The molecule has 0 N–H and O–H groups in total. The fraction of sp³-hybridized carbons (Fsp3) is 0.531. The van der Waals surface area contributed by atoms with Crippen LogP contribution in [-0.4, -0.2) is 59.1 Å². The summed E-state index contributed by atoms with van der Waals surface area (Å²) in [6.45, 7) is 3.88. The van der Waals surface area contributed by atoms with Crippen LogP contribution in [0.2, 0.25) is 5.02 Å². The van der Waals surface area contributed by atoms with E-state index < -0.39 is 0 Å². The number of hydrogen-bond acceptors (Lipinski definition) is 5. The number of halogens is 1. The number of piperidine rings is 1. The van der Waals surface area contributed by atoms with Gasteiger partial charge in [0.05, 0.1) is 6.42 Å². The molecule has 3 aromatic rings. The Morgan fingerprint density at radius 1 is 1.05 bits per heavy atom. The van der Waals surface area contributed by atoms with Crippen LogP contribution < -0.4 is 0 Å². The number of carbonyl (C=O) groups is 1. The molecule has 2 heterocycles. The summed E-state index contributed by atoms with van der Waals surface area (Å²) < 4.78 is 6.08. The zero-order valence-corrected chi connectivity index (χ0v) is 23.7. The largest absolute Gasteiger partial charge is 0.425 e. The first-order valence-corrected chi connectivity index (χ1v) is 15.0. The van der Waals surface area contributed by atoms with Gasteiger partial charge in [0.15, 0.2) is 0 Å². The molecule has 0 bridgehead atoms. The highest BCUT2D eigenvalue weighted by atomic mass is 35.5. The summed E-state index contributed by atoms with van der Waals surface area (Å²) in [5.74, 6) is 2.86. The van der Waals surface area contributed by atoms with E-state index in [1.807, 2.05) is 36.2 Å². The lowest BCUT2D eigenvalue weighted by Crippen LogP contribution is -2.40. The summed E-state index contributed by atoms with van der Waals surface area (Å²) in [4.78, 5) is 17.8. The molecule has 2 aromatic carbocycles. The number of aromatic nitrogens is 2. The van der Waals surface area contributed by atoms with Crippen molar-refractivity contribution in [3.63, 3.8) is 0 Å². The van der Waals surface area contributed by atoms with Crippen molar-refractivity contribution in [3.05, 3.63) is 82.5 Å². The second kappa shape index (κ2) is 11.4. The highest BCUT2D eigenvalue weighted by molar-refractivity contribution is 6.30. The molecule has 6 rings (SSSR count). The Morgan fingerprint density at radius 2 is 1.82 bits per heavy atom. The second-order valence-corrected chi connectivity index (χ2v) is 12.5. The first kappa shape index (κ1) is 26.5. The minimum atomic E-state index is -0.0103. The highest BCUT2D eigenvalue weighted by Gasteiger charge is 2.56. The summed E-state index contributed by atoms with van der Waals surface area (Å²) >= 11 is 6.43. The van der Waals surface area contributed by atoms with Crippen LogP contribution in [-0.2, 0) is 16.6 Å². The van der Waals surface area contributed by atoms with Gasteiger partial charge >= 0.3 is 0 Å². The molecule has 0 unspecified atom stereocenters. The van der Waals surface area contributed by atoms with Crippen LogP contribution in [0.1, 0.15) is 73.8 Å². The van der Waals surface area contributed by atoms with E-state index in [4.69, 9.17) is 16.0 Å². The van der Waals surface area contributed by atoms with Gasteiger partial charge in [-0.3, -0.25) is 4.79 Å². The van der Waals surface area contributed by atoms with Crippen molar-refractivity contribution >= 4 is 17.5 Å². The first-order valence-electron chi connectivity index (χ1n) is 14.6. The third kappa shape index (κ3) is 5.92. The number of rotatable bonds is 9. The number of nitrogens with zero attached hydrogens (tertiary/aromatic N) is 4. The van der Waals surface area contributed by atoms with Crippen molar-refractivity contribution in [2.45, 2.75) is 62.7 Å². The van der Waals surface area contributed by atoms with Gasteiger partial charge in [-0.25, -0.2) is 0 Å². The van der Waals surface area contributed by atoms with Crippen molar-refractivity contribution in [2.75, 3.05) is 33.2 Å². The molecule has 3 fully saturated rings. The highest BCUT2D eigenvalue weighted by Crippen LogP contribution is 2.55. The molecule has 2 atom stereocenters. The maximum Gasteiger partial charge on any atom is 0.225 e. The Kier molecular flexibility index (Phi) is 7.77. The Balaban J connectivity index is 1.07. The summed E-state index contributed by atoms with van der Waals surface area (Å²) in [5, 5.41) is 9.50. The fourth-order valence-corrected chi connectivity index (χ4v) is 7.18. The molecular formula is C32H39ClN4O2. The van der Waals surface area contributed by atoms with Crippen LogP contribution in [0.3, 0.4) is 0 Å². The van der Waals surface area contributed by atoms with Crippen molar-refractivity contribution in [3.8, 4) is 0 Å². The molecule has 0 radical (unpaired) electrons. The van der Waals surface area contributed by atoms with Crippen molar-refractivity contribution in [2.24, 2.45) is 11.8 Å². The maximum absolute atomic E-state index is 13.2. The van der Waals surface area contributed by atoms with Crippen molar-refractivity contribution in [1.29, 1.82) is 0 Å². The quantitative estimate of drug-likeness (QED) is 0.324. The SMILES string of the molecule is CN(C[C@@]1(c2cccc(Cl)c2)C[C@H]1CN1CCC(c2nnc(Cc3ccccc3)o2)CC1)C(=O)C1CCCC1. The first-order chi connectivity index (χ1) is 19.0. The molecule has 1 amide bonds. The van der Waals surface area contributed by atoms with E-state index in [0.29, 0.717) is 30.1 Å². The average Bonchev–Trinajstić information content (AvgIpc) is 3.31. The summed E-state index contributed by atoms with van der Waals surface area (Å²) in [6.07, 6.45) is 8.28. The molecule has 0 spiro atoms. The Labute approximate surface area is 236 Å². The van der Waals surface area contributed by atoms with Gasteiger partial charge in [-0.1, -0.05) is 66.9 Å². The predicted molar refractivity (Wildman–Crippen MR) is 153 cm³/mol. The van der Waals surface area contributed by atoms with Crippen LogP contribution >= 0.6 is 11.6 Å². The minimum absolute atomic E-state index is 0.0103. The number of benzene rings is 2. The van der Waals surface area contributed by atoms with E-state index in [1.165, 1.54) is 24.0 Å². The van der Waals surface area contributed by atoms with Gasteiger partial charge in [-0.15, -0.1) is 10.2 Å². The van der Waals surface area contributed by atoms with Crippen LogP contribution in [0.25, 0.3) is 0 Å². The lowest BCUT2D eigenvalue weighted by atomic mass is 9.91. The molecule has 2 aliphatic carbocycles. The van der Waals surface area contributed by atoms with Gasteiger partial charge in [0, 0.05) is 42.4 Å². The van der Waals surface area contributed by atoms with Gasteiger partial charge in [-0.05, 0) is 74.4 Å². The Hall–Kier alpha value is -2.70. The molecule has 6 nitrogen and oxygen atoms in total. The fourth-order valence-electron chi connectivity index (χ4n) is 6.99. The summed E-state index contributed by atoms with van der Waals surface area (Å²) in [5.41, 5.74) is 2.45. The van der Waals surface area contributed by atoms with Gasteiger partial charge in [0.25, 0.3) is 0 Å². The van der Waals surface area contributed by atoms with E-state index in [9.17, 15) is 4.79 Å². The number of likely N-dealkylation sites (tertiary alicyclic amines) is 1. The van der Waals surface area contributed by atoms with Crippen LogP contribution in [0.15, 0.2) is 59.0 Å². The van der Waals surface area contributed by atoms with E-state index in [-0.39, 0.29) is 11.3 Å². The molecule has 1 saturated heterocycles. The standard InChI is InChI=1S/C32H39ClN4O2/c1-36(31(38)25-10-5-6-11-25)22-32(26-12-7-13-28(33)19-26)20-27(32)21-37-16-14-24(15-17-37)30-35-34-29(39-30)18-23-8-3-2-4-9-23/h2-4,7-9,12-13,19,24-25,27H,5-6,10-11,14-18,20-22H2,1H3/t27-,32+/m0/s1. The zero-order chi connectivity index (χ0) is 26.8. The van der Waals surface area contributed by atoms with Gasteiger partial charge in [0.1, 0.15) is 0 Å². The minimum Gasteiger partial charge on any atom is -0.425 e. The van der Waals surface area contributed by atoms with Crippen LogP contribution in [0.5, 0.6) is 0 Å². The van der Waals surface area contributed by atoms with Crippen LogP contribution in [0, 0.1) is 11.8 Å². The Bertz CT molecular complexity index is 1270. The van der Waals surface area contributed by atoms with E-state index in [0.717, 1.165) is 69.2 Å². The van der Waals surface area contributed by atoms with Gasteiger partial charge in [-0.2, -0.15) is 0 Å². The molecular weight excluding hydrogens is 508 g/mol. The average molecular weight is 547 g/mol. The second-order valence-electron chi connectivity index (χ2n) is 12.0. The lowest BCUT2D eigenvalue weighted by molar-refractivity contribution is -0.134. The molecule has 3 aliphatic rings.